The first kappa shape index (κ1) is 15.1. The van der Waals surface area contributed by atoms with Crippen LogP contribution in [0.1, 0.15) is 21.5 Å². The molecule has 0 saturated carbocycles. The molecule has 0 aliphatic rings. The normalized spacial score (nSPS) is 10.8. The molecule has 23 heavy (non-hydrogen) atoms. The maximum atomic E-state index is 11.5. The smallest absolute Gasteiger partial charge is 0.250 e. The number of rotatable bonds is 6. The van der Waals surface area contributed by atoms with Crippen molar-refractivity contribution in [2.24, 2.45) is 5.73 Å². The van der Waals surface area contributed by atoms with E-state index in [0.717, 1.165) is 28.8 Å². The van der Waals surface area contributed by atoms with E-state index in [1.165, 1.54) is 5.56 Å². The fourth-order valence-corrected chi connectivity index (χ4v) is 2.66. The number of fused-ring (bicyclic) bond motifs is 1. The van der Waals surface area contributed by atoms with E-state index in [1.54, 1.807) is 13.2 Å². The van der Waals surface area contributed by atoms with Gasteiger partial charge >= 0.3 is 0 Å². The average molecular weight is 309 g/mol. The van der Waals surface area contributed by atoms with Crippen molar-refractivity contribution in [1.82, 2.24) is 10.3 Å². The molecule has 1 heterocycles. The second-order valence-corrected chi connectivity index (χ2v) is 5.35. The number of benzene rings is 2. The number of nitrogens with one attached hydrogen (secondary N) is 2. The molecule has 3 aromatic rings. The predicted molar refractivity (Wildman–Crippen MR) is 90.4 cm³/mol. The summed E-state index contributed by atoms with van der Waals surface area (Å²) in [5.74, 6) is 0.431. The van der Waals surface area contributed by atoms with Gasteiger partial charge in [0.05, 0.1) is 18.2 Å². The summed E-state index contributed by atoms with van der Waals surface area (Å²) in [5, 5.41) is 4.43. The van der Waals surface area contributed by atoms with Gasteiger partial charge in [-0.1, -0.05) is 18.2 Å². The van der Waals surface area contributed by atoms with Crippen LogP contribution in [0.2, 0.25) is 0 Å². The Labute approximate surface area is 134 Å². The zero-order chi connectivity index (χ0) is 16.2. The zero-order valence-corrected chi connectivity index (χ0v) is 12.9. The predicted octanol–water partition coefficient (Wildman–Crippen LogP) is 2.57. The fraction of sp³-hybridized carbons (Fsp3) is 0.167. The molecule has 2 aromatic carbocycles. The van der Waals surface area contributed by atoms with Gasteiger partial charge in [-0.05, 0) is 35.4 Å². The minimum atomic E-state index is -0.421. The molecule has 5 heteroatoms. The molecule has 1 amide bonds. The lowest BCUT2D eigenvalue weighted by Gasteiger charge is -2.09. The number of H-pyrrole nitrogens is 1. The molecule has 3 rings (SSSR count). The molecule has 0 aliphatic carbocycles. The van der Waals surface area contributed by atoms with Crippen molar-refractivity contribution in [2.45, 2.75) is 13.1 Å². The van der Waals surface area contributed by atoms with E-state index in [0.29, 0.717) is 12.1 Å². The fourth-order valence-electron chi connectivity index (χ4n) is 2.66. The van der Waals surface area contributed by atoms with Gasteiger partial charge in [0.1, 0.15) is 5.75 Å². The number of methoxy groups -OCH3 is 1. The summed E-state index contributed by atoms with van der Waals surface area (Å²) in [6.45, 7) is 1.47. The summed E-state index contributed by atoms with van der Waals surface area (Å²) in [7, 11) is 1.66. The molecule has 0 spiro atoms. The van der Waals surface area contributed by atoms with Crippen molar-refractivity contribution in [3.05, 3.63) is 65.4 Å². The summed E-state index contributed by atoms with van der Waals surface area (Å²) in [4.78, 5) is 14.5. The average Bonchev–Trinajstić information content (AvgIpc) is 3.05. The minimum absolute atomic E-state index is 0.421. The van der Waals surface area contributed by atoms with Gasteiger partial charge in [-0.15, -0.1) is 0 Å². The van der Waals surface area contributed by atoms with Crippen LogP contribution >= 0.6 is 0 Å². The van der Waals surface area contributed by atoms with E-state index in [4.69, 9.17) is 10.5 Å². The molecule has 0 fully saturated rings. The first-order valence-electron chi connectivity index (χ1n) is 7.41. The number of carbonyl (C=O) groups is 1. The van der Waals surface area contributed by atoms with Gasteiger partial charge in [0, 0.05) is 24.7 Å². The van der Waals surface area contributed by atoms with Crippen molar-refractivity contribution in [1.29, 1.82) is 0 Å². The number of aromatic amines is 1. The monoisotopic (exact) mass is 309 g/mol. The molecule has 0 aliphatic heterocycles. The van der Waals surface area contributed by atoms with E-state index in [2.05, 4.69) is 10.3 Å². The topological polar surface area (TPSA) is 80.1 Å². The third kappa shape index (κ3) is 3.19. The minimum Gasteiger partial charge on any atom is -0.497 e. The van der Waals surface area contributed by atoms with E-state index in [1.807, 2.05) is 42.6 Å². The largest absolute Gasteiger partial charge is 0.497 e. The highest BCUT2D eigenvalue weighted by molar-refractivity contribution is 6.05. The Morgan fingerprint density at radius 1 is 1.13 bits per heavy atom. The first-order valence-corrected chi connectivity index (χ1v) is 7.41. The maximum absolute atomic E-state index is 11.5. The highest BCUT2D eigenvalue weighted by atomic mass is 16.5. The third-order valence-electron chi connectivity index (χ3n) is 3.88. The standard InChI is InChI=1S/C18H19N3O2/c1-23-14-5-2-12(3-6-14)10-20-11-13-4-7-16(18(19)22)17-15(13)8-9-21-17/h2-9,20-21H,10-11H2,1H3,(H2,19,22). The Balaban J connectivity index is 1.71. The van der Waals surface area contributed by atoms with Crippen LogP contribution in [0.3, 0.4) is 0 Å². The van der Waals surface area contributed by atoms with Crippen LogP contribution in [0.5, 0.6) is 5.75 Å². The number of hydrogen-bond acceptors (Lipinski definition) is 3. The van der Waals surface area contributed by atoms with Crippen LogP contribution in [-0.4, -0.2) is 18.0 Å². The lowest BCUT2D eigenvalue weighted by Crippen LogP contribution is -2.14. The summed E-state index contributed by atoms with van der Waals surface area (Å²) in [5.41, 5.74) is 9.02. The van der Waals surface area contributed by atoms with Crippen molar-refractivity contribution in [3.8, 4) is 5.75 Å². The number of nitrogens with two attached hydrogens (primary N) is 1. The van der Waals surface area contributed by atoms with Gasteiger partial charge < -0.3 is 20.8 Å². The quantitative estimate of drug-likeness (QED) is 0.654. The van der Waals surface area contributed by atoms with Crippen LogP contribution < -0.4 is 15.8 Å². The van der Waals surface area contributed by atoms with Gasteiger partial charge in [-0.2, -0.15) is 0 Å². The van der Waals surface area contributed by atoms with E-state index in [9.17, 15) is 4.79 Å². The van der Waals surface area contributed by atoms with Crippen molar-refractivity contribution in [3.63, 3.8) is 0 Å². The van der Waals surface area contributed by atoms with Crippen LogP contribution in [0.4, 0.5) is 0 Å². The summed E-state index contributed by atoms with van der Waals surface area (Å²) >= 11 is 0. The van der Waals surface area contributed by atoms with E-state index >= 15 is 0 Å². The van der Waals surface area contributed by atoms with Crippen LogP contribution in [0.25, 0.3) is 10.9 Å². The zero-order valence-electron chi connectivity index (χ0n) is 12.9. The summed E-state index contributed by atoms with van der Waals surface area (Å²) < 4.78 is 5.15. The molecule has 1 aromatic heterocycles. The lowest BCUT2D eigenvalue weighted by molar-refractivity contribution is 0.100. The van der Waals surface area contributed by atoms with Crippen molar-refractivity contribution >= 4 is 16.8 Å². The number of carbonyl (C=O) groups excluding carboxylic acids is 1. The van der Waals surface area contributed by atoms with Gasteiger partial charge in [-0.25, -0.2) is 0 Å². The molecule has 0 radical (unpaired) electrons. The molecule has 5 nitrogen and oxygen atoms in total. The summed E-state index contributed by atoms with van der Waals surface area (Å²) in [6.07, 6.45) is 1.82. The van der Waals surface area contributed by atoms with Crippen LogP contribution in [0.15, 0.2) is 48.7 Å². The SMILES string of the molecule is COc1ccc(CNCc2ccc(C(N)=O)c3[nH]ccc23)cc1. The molecule has 0 bridgehead atoms. The highest BCUT2D eigenvalue weighted by Crippen LogP contribution is 2.21. The second kappa shape index (κ2) is 6.54. The highest BCUT2D eigenvalue weighted by Gasteiger charge is 2.10. The second-order valence-electron chi connectivity index (χ2n) is 5.35. The number of primary amides is 1. The Hall–Kier alpha value is -2.79. The van der Waals surface area contributed by atoms with Gasteiger partial charge in [0.15, 0.2) is 0 Å². The maximum Gasteiger partial charge on any atom is 0.250 e. The molecule has 0 unspecified atom stereocenters. The Morgan fingerprint density at radius 3 is 2.61 bits per heavy atom. The van der Waals surface area contributed by atoms with Crippen LogP contribution in [-0.2, 0) is 13.1 Å². The lowest BCUT2D eigenvalue weighted by atomic mass is 10.1. The molecule has 118 valence electrons. The molecule has 0 atom stereocenters. The molecule has 0 saturated heterocycles. The van der Waals surface area contributed by atoms with E-state index < -0.39 is 5.91 Å². The van der Waals surface area contributed by atoms with Crippen LogP contribution in [0, 0.1) is 0 Å². The Kier molecular flexibility index (Phi) is 4.30. The van der Waals surface area contributed by atoms with Crippen molar-refractivity contribution in [2.75, 3.05) is 7.11 Å². The number of hydrogen-bond donors (Lipinski definition) is 3. The van der Waals surface area contributed by atoms with Crippen molar-refractivity contribution < 1.29 is 9.53 Å². The molecular weight excluding hydrogens is 290 g/mol. The first-order chi connectivity index (χ1) is 11.2. The number of aromatic nitrogens is 1. The van der Waals surface area contributed by atoms with E-state index in [-0.39, 0.29) is 0 Å². The van der Waals surface area contributed by atoms with Gasteiger partial charge in [0.25, 0.3) is 5.91 Å². The molecule has 4 N–H and O–H groups in total. The number of amides is 1. The van der Waals surface area contributed by atoms with Gasteiger partial charge in [-0.3, -0.25) is 4.79 Å². The summed E-state index contributed by atoms with van der Waals surface area (Å²) in [6, 6.07) is 13.6. The van der Waals surface area contributed by atoms with Gasteiger partial charge in [0.2, 0.25) is 0 Å². The Bertz CT molecular complexity index is 822. The Morgan fingerprint density at radius 2 is 1.91 bits per heavy atom. The number of ether oxygens (including phenoxy) is 1. The third-order valence-corrected chi connectivity index (χ3v) is 3.88. The molecular formula is C18H19N3O2.